The van der Waals surface area contributed by atoms with Gasteiger partial charge in [0.1, 0.15) is 5.75 Å². The summed E-state index contributed by atoms with van der Waals surface area (Å²) in [6.45, 7) is 4.53. The van der Waals surface area contributed by atoms with Gasteiger partial charge in [0, 0.05) is 25.9 Å². The molecule has 5 nitrogen and oxygen atoms in total. The molecular formula is C18H30N2O3. The topological polar surface area (TPSA) is 59.6 Å². The molecule has 0 bridgehead atoms. The van der Waals surface area contributed by atoms with Gasteiger partial charge in [0.25, 0.3) is 0 Å². The van der Waals surface area contributed by atoms with Crippen LogP contribution in [0.15, 0.2) is 24.3 Å². The summed E-state index contributed by atoms with van der Waals surface area (Å²) in [7, 11) is 1.65. The molecule has 0 saturated carbocycles. The number of hydrogen-bond donors (Lipinski definition) is 2. The van der Waals surface area contributed by atoms with E-state index >= 15 is 0 Å². The van der Waals surface area contributed by atoms with E-state index in [1.54, 1.807) is 7.11 Å². The van der Waals surface area contributed by atoms with Gasteiger partial charge in [-0.1, -0.05) is 26.2 Å². The van der Waals surface area contributed by atoms with Crippen LogP contribution in [-0.2, 0) is 9.53 Å². The van der Waals surface area contributed by atoms with Crippen molar-refractivity contribution >= 4 is 11.6 Å². The van der Waals surface area contributed by atoms with E-state index in [9.17, 15) is 4.79 Å². The molecule has 1 aromatic carbocycles. The summed E-state index contributed by atoms with van der Waals surface area (Å²) in [4.78, 5) is 11.6. The Morgan fingerprint density at radius 3 is 2.52 bits per heavy atom. The highest BCUT2D eigenvalue weighted by atomic mass is 16.5. The van der Waals surface area contributed by atoms with Crippen LogP contribution in [0.3, 0.4) is 0 Å². The summed E-state index contributed by atoms with van der Waals surface area (Å²) in [6, 6.07) is 7.72. The van der Waals surface area contributed by atoms with Crippen LogP contribution in [0.4, 0.5) is 5.69 Å². The zero-order valence-electron chi connectivity index (χ0n) is 14.4. The molecule has 23 heavy (non-hydrogen) atoms. The first-order valence-corrected chi connectivity index (χ1v) is 8.48. The van der Waals surface area contributed by atoms with E-state index in [2.05, 4.69) is 17.6 Å². The molecule has 0 aliphatic rings. The van der Waals surface area contributed by atoms with Crippen LogP contribution < -0.4 is 15.4 Å². The number of amides is 1. The van der Waals surface area contributed by atoms with E-state index in [1.807, 2.05) is 24.3 Å². The van der Waals surface area contributed by atoms with Crippen LogP contribution in [0.2, 0.25) is 0 Å². The first kappa shape index (κ1) is 19.3. The van der Waals surface area contributed by atoms with Gasteiger partial charge < -0.3 is 20.1 Å². The summed E-state index contributed by atoms with van der Waals surface area (Å²) < 4.78 is 10.6. The zero-order valence-corrected chi connectivity index (χ0v) is 14.4. The Hall–Kier alpha value is -1.75. The van der Waals surface area contributed by atoms with Gasteiger partial charge in [0.15, 0.2) is 0 Å². The van der Waals surface area contributed by atoms with Crippen molar-refractivity contribution in [3.63, 3.8) is 0 Å². The molecule has 0 radical (unpaired) electrons. The quantitative estimate of drug-likeness (QED) is 0.548. The summed E-state index contributed by atoms with van der Waals surface area (Å²) in [5, 5.41) is 5.94. The first-order chi connectivity index (χ1) is 11.3. The fraction of sp³-hybridized carbons (Fsp3) is 0.611. The normalized spacial score (nSPS) is 10.3. The fourth-order valence-electron chi connectivity index (χ4n) is 2.08. The Kier molecular flexibility index (Phi) is 10.7. The smallest absolute Gasteiger partial charge is 0.239 e. The number of rotatable bonds is 13. The van der Waals surface area contributed by atoms with Crippen molar-refractivity contribution < 1.29 is 14.3 Å². The molecule has 1 amide bonds. The lowest BCUT2D eigenvalue weighted by atomic mass is 10.2. The standard InChI is InChI=1S/C18H30N2O3/c1-3-4-5-6-14-23-17-10-8-16(9-11-17)20-15-18(21)19-12-7-13-22-2/h8-11,20H,3-7,12-15H2,1-2H3,(H,19,21). The second kappa shape index (κ2) is 12.8. The van der Waals surface area contributed by atoms with Gasteiger partial charge in [0.2, 0.25) is 5.91 Å². The molecular weight excluding hydrogens is 292 g/mol. The summed E-state index contributed by atoms with van der Waals surface area (Å²) in [6.07, 6.45) is 5.64. The first-order valence-electron chi connectivity index (χ1n) is 8.48. The van der Waals surface area contributed by atoms with E-state index in [0.29, 0.717) is 13.2 Å². The molecule has 0 aromatic heterocycles. The number of ether oxygens (including phenoxy) is 2. The van der Waals surface area contributed by atoms with Crippen LogP contribution in [0.5, 0.6) is 5.75 Å². The van der Waals surface area contributed by atoms with Gasteiger partial charge in [-0.25, -0.2) is 0 Å². The summed E-state index contributed by atoms with van der Waals surface area (Å²) >= 11 is 0. The molecule has 0 fully saturated rings. The summed E-state index contributed by atoms with van der Waals surface area (Å²) in [5.41, 5.74) is 0.912. The Morgan fingerprint density at radius 1 is 1.04 bits per heavy atom. The van der Waals surface area contributed by atoms with E-state index in [0.717, 1.165) is 30.9 Å². The predicted molar refractivity (Wildman–Crippen MR) is 94.1 cm³/mol. The van der Waals surface area contributed by atoms with E-state index < -0.39 is 0 Å². The molecule has 1 rings (SSSR count). The van der Waals surface area contributed by atoms with E-state index in [1.165, 1.54) is 19.3 Å². The molecule has 0 saturated heterocycles. The monoisotopic (exact) mass is 322 g/mol. The lowest BCUT2D eigenvalue weighted by Crippen LogP contribution is -2.31. The average Bonchev–Trinajstić information content (AvgIpc) is 2.58. The number of benzene rings is 1. The van der Waals surface area contributed by atoms with E-state index in [4.69, 9.17) is 9.47 Å². The van der Waals surface area contributed by atoms with Crippen molar-refractivity contribution in [3.05, 3.63) is 24.3 Å². The molecule has 0 spiro atoms. The van der Waals surface area contributed by atoms with Crippen molar-refractivity contribution in [1.82, 2.24) is 5.32 Å². The van der Waals surface area contributed by atoms with Crippen molar-refractivity contribution in [3.8, 4) is 5.75 Å². The van der Waals surface area contributed by atoms with Gasteiger partial charge in [-0.2, -0.15) is 0 Å². The second-order valence-corrected chi connectivity index (χ2v) is 5.48. The Morgan fingerprint density at radius 2 is 1.83 bits per heavy atom. The number of carbonyl (C=O) groups excluding carboxylic acids is 1. The van der Waals surface area contributed by atoms with Gasteiger partial charge in [-0.15, -0.1) is 0 Å². The zero-order chi connectivity index (χ0) is 16.8. The van der Waals surface area contributed by atoms with Crippen LogP contribution in [0.25, 0.3) is 0 Å². The fourth-order valence-corrected chi connectivity index (χ4v) is 2.08. The largest absolute Gasteiger partial charge is 0.494 e. The van der Waals surface area contributed by atoms with Crippen molar-refractivity contribution in [2.45, 2.75) is 39.0 Å². The van der Waals surface area contributed by atoms with Gasteiger partial charge in [-0.05, 0) is 37.1 Å². The predicted octanol–water partition coefficient (Wildman–Crippen LogP) is 3.21. The van der Waals surface area contributed by atoms with Crippen LogP contribution >= 0.6 is 0 Å². The lowest BCUT2D eigenvalue weighted by molar-refractivity contribution is -0.119. The number of methoxy groups -OCH3 is 1. The summed E-state index contributed by atoms with van der Waals surface area (Å²) in [5.74, 6) is 0.855. The molecule has 0 unspecified atom stereocenters. The van der Waals surface area contributed by atoms with Crippen molar-refractivity contribution in [1.29, 1.82) is 0 Å². The number of anilines is 1. The molecule has 2 N–H and O–H groups in total. The van der Waals surface area contributed by atoms with Gasteiger partial charge in [0.05, 0.1) is 13.2 Å². The highest BCUT2D eigenvalue weighted by Crippen LogP contribution is 2.16. The minimum Gasteiger partial charge on any atom is -0.494 e. The third-order valence-electron chi connectivity index (χ3n) is 3.42. The minimum atomic E-state index is -0.0163. The Bertz CT molecular complexity index is 421. The van der Waals surface area contributed by atoms with Gasteiger partial charge >= 0.3 is 0 Å². The molecule has 0 atom stereocenters. The van der Waals surface area contributed by atoms with Crippen molar-refractivity contribution in [2.75, 3.05) is 38.7 Å². The maximum atomic E-state index is 11.6. The Balaban J connectivity index is 2.16. The second-order valence-electron chi connectivity index (χ2n) is 5.48. The lowest BCUT2D eigenvalue weighted by Gasteiger charge is -2.09. The number of nitrogens with one attached hydrogen (secondary N) is 2. The highest BCUT2D eigenvalue weighted by Gasteiger charge is 2.01. The maximum absolute atomic E-state index is 11.6. The van der Waals surface area contributed by atoms with Crippen LogP contribution in [-0.4, -0.2) is 39.3 Å². The minimum absolute atomic E-state index is 0.0163. The number of unbranched alkanes of at least 4 members (excludes halogenated alkanes) is 3. The number of carbonyl (C=O) groups is 1. The third-order valence-corrected chi connectivity index (χ3v) is 3.42. The molecule has 1 aromatic rings. The third kappa shape index (κ3) is 9.79. The van der Waals surface area contributed by atoms with Crippen LogP contribution in [0.1, 0.15) is 39.0 Å². The van der Waals surface area contributed by atoms with E-state index in [-0.39, 0.29) is 12.5 Å². The molecule has 0 aliphatic carbocycles. The maximum Gasteiger partial charge on any atom is 0.239 e. The number of hydrogen-bond acceptors (Lipinski definition) is 4. The molecule has 0 heterocycles. The van der Waals surface area contributed by atoms with Gasteiger partial charge in [-0.3, -0.25) is 4.79 Å². The Labute approximate surface area is 139 Å². The highest BCUT2D eigenvalue weighted by molar-refractivity contribution is 5.80. The molecule has 5 heteroatoms. The SMILES string of the molecule is CCCCCCOc1ccc(NCC(=O)NCCCOC)cc1. The average molecular weight is 322 g/mol. The molecule has 0 aliphatic heterocycles. The van der Waals surface area contributed by atoms with Crippen LogP contribution in [0, 0.1) is 0 Å². The van der Waals surface area contributed by atoms with Crippen molar-refractivity contribution in [2.24, 2.45) is 0 Å². The molecule has 130 valence electrons.